The standard InChI is InChI=1S/C22H22O5/c1-4-11-25-18-10-7-16-12-19(22(24)27-20(16)13-18)21(23)26-17-8-5-15(6-9-17)14(2)3/h5-10,12-14H,4,11H2,1-3H3. The van der Waals surface area contributed by atoms with Crippen LogP contribution in [0.25, 0.3) is 11.0 Å². The first kappa shape index (κ1) is 18.7. The predicted octanol–water partition coefficient (Wildman–Crippen LogP) is 4.92. The molecule has 0 aliphatic heterocycles. The SMILES string of the molecule is CCCOc1ccc2cc(C(=O)Oc3ccc(C(C)C)cc3)c(=O)oc2c1. The lowest BCUT2D eigenvalue weighted by molar-refractivity contribution is 0.0730. The van der Waals surface area contributed by atoms with Gasteiger partial charge in [0, 0.05) is 11.5 Å². The van der Waals surface area contributed by atoms with E-state index in [4.69, 9.17) is 13.9 Å². The van der Waals surface area contributed by atoms with Crippen LogP contribution in [0.3, 0.4) is 0 Å². The van der Waals surface area contributed by atoms with Crippen molar-refractivity contribution in [3.05, 3.63) is 70.1 Å². The lowest BCUT2D eigenvalue weighted by atomic mass is 10.0. The highest BCUT2D eigenvalue weighted by molar-refractivity contribution is 5.94. The number of carbonyl (C=O) groups excluding carboxylic acids is 1. The van der Waals surface area contributed by atoms with E-state index >= 15 is 0 Å². The van der Waals surface area contributed by atoms with Crippen molar-refractivity contribution in [3.63, 3.8) is 0 Å². The van der Waals surface area contributed by atoms with E-state index in [9.17, 15) is 9.59 Å². The van der Waals surface area contributed by atoms with Gasteiger partial charge in [-0.25, -0.2) is 9.59 Å². The molecule has 0 spiro atoms. The lowest BCUT2D eigenvalue weighted by Gasteiger charge is -2.08. The fourth-order valence-corrected chi connectivity index (χ4v) is 2.63. The Hall–Kier alpha value is -3.08. The zero-order chi connectivity index (χ0) is 19.4. The number of benzene rings is 2. The van der Waals surface area contributed by atoms with Crippen LogP contribution in [0.15, 0.2) is 57.7 Å². The molecule has 0 fully saturated rings. The highest BCUT2D eigenvalue weighted by atomic mass is 16.5. The molecule has 5 heteroatoms. The molecule has 1 heterocycles. The van der Waals surface area contributed by atoms with Gasteiger partial charge in [0.1, 0.15) is 22.6 Å². The maximum atomic E-state index is 12.4. The molecule has 0 N–H and O–H groups in total. The van der Waals surface area contributed by atoms with Crippen molar-refractivity contribution in [2.45, 2.75) is 33.1 Å². The Morgan fingerprint density at radius 1 is 1.04 bits per heavy atom. The van der Waals surface area contributed by atoms with E-state index in [-0.39, 0.29) is 5.56 Å². The third kappa shape index (κ3) is 4.37. The molecule has 0 saturated carbocycles. The predicted molar refractivity (Wildman–Crippen MR) is 104 cm³/mol. The first-order chi connectivity index (χ1) is 13.0. The number of ether oxygens (including phenoxy) is 2. The van der Waals surface area contributed by atoms with Gasteiger partial charge in [0.2, 0.25) is 0 Å². The van der Waals surface area contributed by atoms with Gasteiger partial charge in [-0.3, -0.25) is 0 Å². The van der Waals surface area contributed by atoms with E-state index in [1.165, 1.54) is 6.07 Å². The van der Waals surface area contributed by atoms with E-state index < -0.39 is 11.6 Å². The number of hydrogen-bond donors (Lipinski definition) is 0. The maximum absolute atomic E-state index is 12.4. The second-order valence-corrected chi connectivity index (χ2v) is 6.61. The Morgan fingerprint density at radius 3 is 2.41 bits per heavy atom. The fraction of sp³-hybridized carbons (Fsp3) is 0.273. The molecule has 0 amide bonds. The summed E-state index contributed by atoms with van der Waals surface area (Å²) >= 11 is 0. The summed E-state index contributed by atoms with van der Waals surface area (Å²) in [5.41, 5.74) is 0.629. The first-order valence-corrected chi connectivity index (χ1v) is 9.00. The van der Waals surface area contributed by atoms with Gasteiger partial charge in [0.15, 0.2) is 0 Å². The largest absolute Gasteiger partial charge is 0.493 e. The van der Waals surface area contributed by atoms with Crippen molar-refractivity contribution in [1.29, 1.82) is 0 Å². The second-order valence-electron chi connectivity index (χ2n) is 6.61. The number of carbonyl (C=O) groups is 1. The van der Waals surface area contributed by atoms with Crippen molar-refractivity contribution in [2.24, 2.45) is 0 Å². The summed E-state index contributed by atoms with van der Waals surface area (Å²) in [6, 6.07) is 13.9. The van der Waals surface area contributed by atoms with Crippen LogP contribution < -0.4 is 15.1 Å². The van der Waals surface area contributed by atoms with Crippen molar-refractivity contribution in [1.82, 2.24) is 0 Å². The Kier molecular flexibility index (Phi) is 5.60. The molecule has 27 heavy (non-hydrogen) atoms. The molecule has 0 bridgehead atoms. The third-order valence-electron chi connectivity index (χ3n) is 4.16. The topological polar surface area (TPSA) is 65.7 Å². The van der Waals surface area contributed by atoms with Crippen LogP contribution in [0.1, 0.15) is 49.0 Å². The van der Waals surface area contributed by atoms with Gasteiger partial charge < -0.3 is 13.9 Å². The van der Waals surface area contributed by atoms with Crippen LogP contribution in [-0.4, -0.2) is 12.6 Å². The number of rotatable bonds is 6. The fourth-order valence-electron chi connectivity index (χ4n) is 2.63. The molecule has 0 aliphatic carbocycles. The molecular formula is C22H22O5. The van der Waals surface area contributed by atoms with E-state index in [0.717, 1.165) is 12.0 Å². The molecule has 2 aromatic carbocycles. The Morgan fingerprint density at radius 2 is 1.74 bits per heavy atom. The average molecular weight is 366 g/mol. The van der Waals surface area contributed by atoms with Gasteiger partial charge in [-0.05, 0) is 48.2 Å². The van der Waals surface area contributed by atoms with Gasteiger partial charge in [-0.2, -0.15) is 0 Å². The van der Waals surface area contributed by atoms with Crippen LogP contribution in [-0.2, 0) is 0 Å². The van der Waals surface area contributed by atoms with Gasteiger partial charge >= 0.3 is 11.6 Å². The summed E-state index contributed by atoms with van der Waals surface area (Å²) < 4.78 is 16.1. The number of fused-ring (bicyclic) bond motifs is 1. The van der Waals surface area contributed by atoms with Gasteiger partial charge in [0.05, 0.1) is 6.61 Å². The minimum Gasteiger partial charge on any atom is -0.493 e. The lowest BCUT2D eigenvalue weighted by Crippen LogP contribution is -2.18. The van der Waals surface area contributed by atoms with Crippen LogP contribution in [0.4, 0.5) is 0 Å². The molecular weight excluding hydrogens is 344 g/mol. The summed E-state index contributed by atoms with van der Waals surface area (Å²) in [5.74, 6) is 0.642. The normalized spacial score (nSPS) is 11.0. The first-order valence-electron chi connectivity index (χ1n) is 9.00. The summed E-state index contributed by atoms with van der Waals surface area (Å²) in [5, 5.41) is 0.626. The molecule has 0 unspecified atom stereocenters. The average Bonchev–Trinajstić information content (AvgIpc) is 2.66. The molecule has 140 valence electrons. The Bertz CT molecular complexity index is 999. The summed E-state index contributed by atoms with van der Waals surface area (Å²) in [7, 11) is 0. The molecule has 3 rings (SSSR count). The Labute approximate surface area is 157 Å². The van der Waals surface area contributed by atoms with Crippen molar-refractivity contribution < 1.29 is 18.7 Å². The van der Waals surface area contributed by atoms with Gasteiger partial charge in [-0.1, -0.05) is 32.9 Å². The molecule has 0 radical (unpaired) electrons. The Balaban J connectivity index is 1.83. The molecule has 5 nitrogen and oxygen atoms in total. The minimum absolute atomic E-state index is 0.141. The summed E-state index contributed by atoms with van der Waals surface area (Å²) in [6.07, 6.45) is 0.880. The van der Waals surface area contributed by atoms with E-state index in [0.29, 0.717) is 35.0 Å². The number of hydrogen-bond acceptors (Lipinski definition) is 5. The highest BCUT2D eigenvalue weighted by Crippen LogP contribution is 2.22. The monoisotopic (exact) mass is 366 g/mol. The van der Waals surface area contributed by atoms with Crippen LogP contribution in [0, 0.1) is 0 Å². The highest BCUT2D eigenvalue weighted by Gasteiger charge is 2.16. The minimum atomic E-state index is -0.741. The third-order valence-corrected chi connectivity index (χ3v) is 4.16. The molecule has 0 saturated heterocycles. The quantitative estimate of drug-likeness (QED) is 0.352. The smallest absolute Gasteiger partial charge is 0.351 e. The van der Waals surface area contributed by atoms with E-state index in [1.54, 1.807) is 30.3 Å². The molecule has 1 aromatic heterocycles. The van der Waals surface area contributed by atoms with Crippen LogP contribution in [0.5, 0.6) is 11.5 Å². The van der Waals surface area contributed by atoms with Gasteiger partial charge in [-0.15, -0.1) is 0 Å². The number of esters is 1. The van der Waals surface area contributed by atoms with E-state index in [1.807, 2.05) is 19.1 Å². The maximum Gasteiger partial charge on any atom is 0.351 e. The van der Waals surface area contributed by atoms with Crippen molar-refractivity contribution in [2.75, 3.05) is 6.61 Å². The summed E-state index contributed by atoms with van der Waals surface area (Å²) in [4.78, 5) is 24.6. The molecule has 0 atom stereocenters. The van der Waals surface area contributed by atoms with E-state index in [2.05, 4.69) is 13.8 Å². The van der Waals surface area contributed by atoms with Crippen molar-refractivity contribution in [3.8, 4) is 11.5 Å². The molecule has 0 aliphatic rings. The zero-order valence-corrected chi connectivity index (χ0v) is 15.7. The van der Waals surface area contributed by atoms with Gasteiger partial charge in [0.25, 0.3) is 0 Å². The zero-order valence-electron chi connectivity index (χ0n) is 15.7. The van der Waals surface area contributed by atoms with Crippen LogP contribution in [0.2, 0.25) is 0 Å². The van der Waals surface area contributed by atoms with Crippen molar-refractivity contribution >= 4 is 16.9 Å². The second kappa shape index (κ2) is 8.08. The molecule has 3 aromatic rings. The van der Waals surface area contributed by atoms with Crippen LogP contribution >= 0.6 is 0 Å². The summed E-state index contributed by atoms with van der Waals surface area (Å²) in [6.45, 7) is 6.76.